The van der Waals surface area contributed by atoms with Gasteiger partial charge in [0.1, 0.15) is 0 Å². The smallest absolute Gasteiger partial charge is 0.0604 e. The zero-order chi connectivity index (χ0) is 8.39. The third-order valence-electron chi connectivity index (χ3n) is 3.17. The van der Waals surface area contributed by atoms with Crippen LogP contribution in [-0.4, -0.2) is 18.8 Å². The van der Waals surface area contributed by atoms with Gasteiger partial charge < -0.3 is 10.5 Å². The molecule has 2 fully saturated rings. The maximum absolute atomic E-state index is 5.75. The van der Waals surface area contributed by atoms with Gasteiger partial charge in [0, 0.05) is 12.6 Å². The summed E-state index contributed by atoms with van der Waals surface area (Å²) in [4.78, 5) is 0. The van der Waals surface area contributed by atoms with Crippen molar-refractivity contribution in [3.63, 3.8) is 0 Å². The first kappa shape index (κ1) is 8.52. The third kappa shape index (κ3) is 1.99. The van der Waals surface area contributed by atoms with Gasteiger partial charge in [-0.1, -0.05) is 12.8 Å². The predicted molar refractivity (Wildman–Crippen MR) is 48.9 cm³/mol. The molecule has 0 aliphatic heterocycles. The van der Waals surface area contributed by atoms with Crippen LogP contribution in [0, 0.1) is 5.92 Å². The van der Waals surface area contributed by atoms with Crippen LogP contribution in [0.1, 0.15) is 38.5 Å². The van der Waals surface area contributed by atoms with E-state index in [9.17, 15) is 0 Å². The molecule has 12 heavy (non-hydrogen) atoms. The molecule has 0 amide bonds. The summed E-state index contributed by atoms with van der Waals surface area (Å²) in [5.41, 5.74) is 5.67. The van der Waals surface area contributed by atoms with Crippen LogP contribution in [-0.2, 0) is 4.74 Å². The monoisotopic (exact) mass is 169 g/mol. The molecule has 0 spiro atoms. The van der Waals surface area contributed by atoms with Crippen LogP contribution in [0.5, 0.6) is 0 Å². The zero-order valence-corrected chi connectivity index (χ0v) is 7.67. The number of ether oxygens (including phenoxy) is 1. The van der Waals surface area contributed by atoms with Gasteiger partial charge in [-0.25, -0.2) is 0 Å². The van der Waals surface area contributed by atoms with Crippen LogP contribution in [0.2, 0.25) is 0 Å². The fourth-order valence-electron chi connectivity index (χ4n) is 2.19. The molecule has 0 aromatic heterocycles. The molecule has 0 aromatic carbocycles. The number of hydrogen-bond acceptors (Lipinski definition) is 2. The second-order valence-electron chi connectivity index (χ2n) is 4.34. The van der Waals surface area contributed by atoms with E-state index in [-0.39, 0.29) is 0 Å². The third-order valence-corrected chi connectivity index (χ3v) is 3.17. The van der Waals surface area contributed by atoms with Gasteiger partial charge in [-0.2, -0.15) is 0 Å². The summed E-state index contributed by atoms with van der Waals surface area (Å²) in [6, 6.07) is 0.429. The first-order valence-electron chi connectivity index (χ1n) is 5.22. The summed E-state index contributed by atoms with van der Waals surface area (Å²) < 4.78 is 5.75. The van der Waals surface area contributed by atoms with E-state index in [0.29, 0.717) is 12.1 Å². The molecule has 2 nitrogen and oxygen atoms in total. The Hall–Kier alpha value is -0.0800. The lowest BCUT2D eigenvalue weighted by atomic mass is 9.90. The van der Waals surface area contributed by atoms with E-state index in [1.54, 1.807) is 0 Å². The molecule has 2 saturated carbocycles. The summed E-state index contributed by atoms with van der Waals surface area (Å²) in [6.45, 7) is 0.997. The molecule has 0 aromatic rings. The largest absolute Gasteiger partial charge is 0.378 e. The fourth-order valence-corrected chi connectivity index (χ4v) is 2.19. The van der Waals surface area contributed by atoms with Crippen LogP contribution in [0.4, 0.5) is 0 Å². The van der Waals surface area contributed by atoms with Crippen molar-refractivity contribution in [3.05, 3.63) is 0 Å². The summed E-state index contributed by atoms with van der Waals surface area (Å²) in [5, 5.41) is 0. The molecule has 2 rings (SSSR count). The lowest BCUT2D eigenvalue weighted by Gasteiger charge is -2.33. The van der Waals surface area contributed by atoms with Crippen molar-refractivity contribution in [3.8, 4) is 0 Å². The average Bonchev–Trinajstić information content (AvgIpc) is 2.47. The Balaban J connectivity index is 1.56. The van der Waals surface area contributed by atoms with Crippen LogP contribution in [0.15, 0.2) is 0 Å². The highest BCUT2D eigenvalue weighted by molar-refractivity contribution is 4.83. The summed E-state index contributed by atoms with van der Waals surface area (Å²) in [7, 11) is 0. The van der Waals surface area contributed by atoms with E-state index >= 15 is 0 Å². The van der Waals surface area contributed by atoms with Crippen molar-refractivity contribution in [2.45, 2.75) is 50.7 Å². The molecular formula is C10H19NO. The Kier molecular flexibility index (Phi) is 2.66. The van der Waals surface area contributed by atoms with Crippen molar-refractivity contribution in [1.82, 2.24) is 0 Å². The van der Waals surface area contributed by atoms with Gasteiger partial charge in [0.2, 0.25) is 0 Å². The summed E-state index contributed by atoms with van der Waals surface area (Å²) in [6.07, 6.45) is 8.29. The topological polar surface area (TPSA) is 35.2 Å². The number of hydrogen-bond donors (Lipinski definition) is 1. The van der Waals surface area contributed by atoms with E-state index in [0.717, 1.165) is 25.4 Å². The van der Waals surface area contributed by atoms with Crippen molar-refractivity contribution in [2.24, 2.45) is 11.7 Å². The van der Waals surface area contributed by atoms with Crippen LogP contribution < -0.4 is 5.73 Å². The van der Waals surface area contributed by atoms with E-state index in [1.807, 2.05) is 0 Å². The predicted octanol–water partition coefficient (Wildman–Crippen LogP) is 1.68. The molecule has 70 valence electrons. The standard InChI is InChI=1S/C10H19NO/c11-9-5-10(6-9)12-7-8-3-1-2-4-8/h8-10H,1-7,11H2. The Morgan fingerprint density at radius 1 is 1.17 bits per heavy atom. The summed E-state index contributed by atoms with van der Waals surface area (Å²) in [5.74, 6) is 0.863. The molecule has 2 aliphatic rings. The first-order valence-corrected chi connectivity index (χ1v) is 5.22. The maximum atomic E-state index is 5.75. The minimum atomic E-state index is 0.429. The Morgan fingerprint density at radius 2 is 1.83 bits per heavy atom. The maximum Gasteiger partial charge on any atom is 0.0604 e. The Morgan fingerprint density at radius 3 is 2.42 bits per heavy atom. The second-order valence-corrected chi connectivity index (χ2v) is 4.34. The van der Waals surface area contributed by atoms with E-state index < -0.39 is 0 Å². The molecule has 0 saturated heterocycles. The van der Waals surface area contributed by atoms with Crippen LogP contribution >= 0.6 is 0 Å². The highest BCUT2D eigenvalue weighted by Gasteiger charge is 2.27. The quantitative estimate of drug-likeness (QED) is 0.697. The average molecular weight is 169 g/mol. The highest BCUT2D eigenvalue weighted by Crippen LogP contribution is 2.27. The SMILES string of the molecule is NC1CC(OCC2CCCC2)C1. The van der Waals surface area contributed by atoms with E-state index in [4.69, 9.17) is 10.5 Å². The molecule has 0 bridgehead atoms. The van der Waals surface area contributed by atoms with E-state index in [2.05, 4.69) is 0 Å². The van der Waals surface area contributed by atoms with Crippen molar-refractivity contribution < 1.29 is 4.74 Å². The molecule has 0 unspecified atom stereocenters. The number of nitrogens with two attached hydrogens (primary N) is 1. The Bertz CT molecular complexity index is 137. The fraction of sp³-hybridized carbons (Fsp3) is 1.00. The van der Waals surface area contributed by atoms with Crippen molar-refractivity contribution >= 4 is 0 Å². The molecule has 2 N–H and O–H groups in total. The van der Waals surface area contributed by atoms with Gasteiger partial charge in [0.05, 0.1) is 6.10 Å². The van der Waals surface area contributed by atoms with Gasteiger partial charge in [-0.15, -0.1) is 0 Å². The van der Waals surface area contributed by atoms with Gasteiger partial charge in [0.25, 0.3) is 0 Å². The molecule has 2 heteroatoms. The van der Waals surface area contributed by atoms with E-state index in [1.165, 1.54) is 25.7 Å². The molecule has 0 atom stereocenters. The normalized spacial score (nSPS) is 36.8. The minimum Gasteiger partial charge on any atom is -0.378 e. The zero-order valence-electron chi connectivity index (χ0n) is 7.67. The molecule has 0 heterocycles. The highest BCUT2D eigenvalue weighted by atomic mass is 16.5. The molecular weight excluding hydrogens is 150 g/mol. The van der Waals surface area contributed by atoms with Crippen molar-refractivity contribution in [1.29, 1.82) is 0 Å². The minimum absolute atomic E-state index is 0.429. The van der Waals surface area contributed by atoms with Gasteiger partial charge >= 0.3 is 0 Å². The molecule has 0 radical (unpaired) electrons. The van der Waals surface area contributed by atoms with Crippen molar-refractivity contribution in [2.75, 3.05) is 6.61 Å². The van der Waals surface area contributed by atoms with Crippen LogP contribution in [0.25, 0.3) is 0 Å². The van der Waals surface area contributed by atoms with Gasteiger partial charge in [-0.3, -0.25) is 0 Å². The molecule has 2 aliphatic carbocycles. The Labute approximate surface area is 74.5 Å². The second kappa shape index (κ2) is 3.75. The van der Waals surface area contributed by atoms with Crippen LogP contribution in [0.3, 0.4) is 0 Å². The lowest BCUT2D eigenvalue weighted by molar-refractivity contribution is -0.0241. The van der Waals surface area contributed by atoms with Gasteiger partial charge in [-0.05, 0) is 31.6 Å². The summed E-state index contributed by atoms with van der Waals surface area (Å²) >= 11 is 0. The lowest BCUT2D eigenvalue weighted by Crippen LogP contribution is -2.42. The first-order chi connectivity index (χ1) is 5.84. The van der Waals surface area contributed by atoms with Gasteiger partial charge in [0.15, 0.2) is 0 Å². The number of rotatable bonds is 3.